The zero-order chi connectivity index (χ0) is 26.9. The van der Waals surface area contributed by atoms with Crippen LogP contribution in [0.4, 0.5) is 0 Å². The van der Waals surface area contributed by atoms with E-state index in [1.807, 2.05) is 30.3 Å². The monoisotopic (exact) mass is 535 g/mol. The van der Waals surface area contributed by atoms with Gasteiger partial charge in [-0.05, 0) is 53.2 Å². The number of amides is 1. The third-order valence-corrected chi connectivity index (χ3v) is 7.40. The van der Waals surface area contributed by atoms with Crippen molar-refractivity contribution < 1.29 is 9.53 Å². The first-order valence-corrected chi connectivity index (χ1v) is 13.8. The van der Waals surface area contributed by atoms with E-state index in [1.165, 1.54) is 16.7 Å². The average molecular weight is 536 g/mol. The topological polar surface area (TPSA) is 44.8 Å². The van der Waals surface area contributed by atoms with Crippen LogP contribution in [0.25, 0.3) is 0 Å². The largest absolute Gasteiger partial charge is 0.493 e. The molecule has 4 aromatic carbocycles. The number of carbonyl (C=O) groups excluding carboxylic acids is 1. The minimum Gasteiger partial charge on any atom is -0.493 e. The molecule has 1 N–H and O–H groups in total. The van der Waals surface area contributed by atoms with Crippen LogP contribution in [-0.2, 0) is 6.42 Å². The summed E-state index contributed by atoms with van der Waals surface area (Å²) in [6, 6.07) is 38.9. The highest BCUT2D eigenvalue weighted by atomic mass is 32.1. The van der Waals surface area contributed by atoms with E-state index in [1.54, 1.807) is 12.1 Å². The Labute approximate surface area is 236 Å². The third-order valence-electron chi connectivity index (χ3n) is 7.04. The summed E-state index contributed by atoms with van der Waals surface area (Å²) in [6.45, 7) is 3.78. The maximum Gasteiger partial charge on any atom is 0.257 e. The van der Waals surface area contributed by atoms with Crippen molar-refractivity contribution in [2.45, 2.75) is 12.5 Å². The lowest BCUT2D eigenvalue weighted by atomic mass is 9.96. The van der Waals surface area contributed by atoms with Crippen LogP contribution in [0.2, 0.25) is 0 Å². The highest BCUT2D eigenvalue weighted by Crippen LogP contribution is 2.29. The molecule has 6 heteroatoms. The zero-order valence-corrected chi connectivity index (χ0v) is 22.7. The van der Waals surface area contributed by atoms with Crippen LogP contribution in [0.1, 0.15) is 33.1 Å². The minimum atomic E-state index is -0.204. The standard InChI is InChI=1S/C33H33N3O2S/c37-32(29-16-18-30(19-17-29)38-25-20-26-10-4-1-5-11-26)34-33(39)36-23-21-35(22-24-36)31(27-12-6-2-7-13-27)28-14-8-3-9-15-28/h1-19,31H,20-25H2,(H,34,37,39). The summed E-state index contributed by atoms with van der Waals surface area (Å²) in [5.41, 5.74) is 4.35. The van der Waals surface area contributed by atoms with Gasteiger partial charge in [-0.15, -0.1) is 0 Å². The van der Waals surface area contributed by atoms with Gasteiger partial charge in [-0.25, -0.2) is 0 Å². The number of hydrogen-bond donors (Lipinski definition) is 1. The Kier molecular flexibility index (Phi) is 8.99. The van der Waals surface area contributed by atoms with E-state index >= 15 is 0 Å². The van der Waals surface area contributed by atoms with Crippen LogP contribution in [0.5, 0.6) is 5.75 Å². The zero-order valence-electron chi connectivity index (χ0n) is 21.9. The molecule has 0 unspecified atom stereocenters. The second kappa shape index (κ2) is 13.2. The number of piperazine rings is 1. The number of nitrogens with zero attached hydrogens (tertiary/aromatic N) is 2. The number of hydrogen-bond acceptors (Lipinski definition) is 4. The molecule has 1 aliphatic rings. The Hall–Kier alpha value is -4.00. The first-order valence-electron chi connectivity index (χ1n) is 13.4. The molecule has 0 spiro atoms. The van der Waals surface area contributed by atoms with Crippen molar-refractivity contribution >= 4 is 23.2 Å². The molecule has 1 amide bonds. The molecule has 4 aromatic rings. The van der Waals surface area contributed by atoms with Gasteiger partial charge in [0.2, 0.25) is 0 Å². The van der Waals surface area contributed by atoms with Gasteiger partial charge in [0.1, 0.15) is 5.75 Å². The summed E-state index contributed by atoms with van der Waals surface area (Å²) in [5.74, 6) is 0.539. The normalized spacial score (nSPS) is 13.7. The highest BCUT2D eigenvalue weighted by Gasteiger charge is 2.27. The number of nitrogens with one attached hydrogen (secondary N) is 1. The van der Waals surface area contributed by atoms with Gasteiger partial charge in [-0.3, -0.25) is 15.0 Å². The number of carbonyl (C=O) groups is 1. The number of rotatable bonds is 8. The molecule has 1 heterocycles. The average Bonchev–Trinajstić information content (AvgIpc) is 2.99. The van der Waals surface area contributed by atoms with E-state index in [-0.39, 0.29) is 11.9 Å². The summed E-state index contributed by atoms with van der Waals surface area (Å²) in [7, 11) is 0. The van der Waals surface area contributed by atoms with Crippen LogP contribution in [0.3, 0.4) is 0 Å². The predicted octanol–water partition coefficient (Wildman–Crippen LogP) is 5.73. The third kappa shape index (κ3) is 7.11. The van der Waals surface area contributed by atoms with Crippen molar-refractivity contribution in [2.24, 2.45) is 0 Å². The van der Waals surface area contributed by atoms with Crippen LogP contribution in [-0.4, -0.2) is 53.6 Å². The van der Waals surface area contributed by atoms with Crippen molar-refractivity contribution in [1.29, 1.82) is 0 Å². The van der Waals surface area contributed by atoms with Gasteiger partial charge in [-0.2, -0.15) is 0 Å². The first-order chi connectivity index (χ1) is 19.2. The van der Waals surface area contributed by atoms with Crippen molar-refractivity contribution in [3.63, 3.8) is 0 Å². The van der Waals surface area contributed by atoms with Gasteiger partial charge >= 0.3 is 0 Å². The number of thiocarbonyl (C=S) groups is 1. The van der Waals surface area contributed by atoms with Crippen molar-refractivity contribution in [3.8, 4) is 5.75 Å². The Morgan fingerprint density at radius 3 is 1.85 bits per heavy atom. The van der Waals surface area contributed by atoms with E-state index in [9.17, 15) is 4.79 Å². The van der Waals surface area contributed by atoms with Gasteiger partial charge in [0.05, 0.1) is 12.6 Å². The molecule has 198 valence electrons. The van der Waals surface area contributed by atoms with E-state index in [2.05, 4.69) is 87.9 Å². The van der Waals surface area contributed by atoms with E-state index in [0.29, 0.717) is 17.3 Å². The molecule has 0 radical (unpaired) electrons. The van der Waals surface area contributed by atoms with Gasteiger partial charge in [-0.1, -0.05) is 91.0 Å². The summed E-state index contributed by atoms with van der Waals surface area (Å²) >= 11 is 5.62. The van der Waals surface area contributed by atoms with E-state index < -0.39 is 0 Å². The fraction of sp³-hybridized carbons (Fsp3) is 0.212. The van der Waals surface area contributed by atoms with Gasteiger partial charge in [0.25, 0.3) is 5.91 Å². The molecular formula is C33H33N3O2S. The quantitative estimate of drug-likeness (QED) is 0.292. The Morgan fingerprint density at radius 2 is 1.28 bits per heavy atom. The molecule has 1 saturated heterocycles. The predicted molar refractivity (Wildman–Crippen MR) is 160 cm³/mol. The molecule has 0 atom stereocenters. The molecular weight excluding hydrogens is 502 g/mol. The Bertz CT molecular complexity index is 1300. The van der Waals surface area contributed by atoms with Crippen molar-refractivity contribution in [2.75, 3.05) is 32.8 Å². The highest BCUT2D eigenvalue weighted by molar-refractivity contribution is 7.80. The molecule has 0 aromatic heterocycles. The second-order valence-electron chi connectivity index (χ2n) is 9.61. The van der Waals surface area contributed by atoms with E-state index in [4.69, 9.17) is 17.0 Å². The molecule has 5 rings (SSSR count). The SMILES string of the molecule is O=C(NC(=S)N1CCN(C(c2ccccc2)c2ccccc2)CC1)c1ccc(OCCc2ccccc2)cc1. The molecule has 5 nitrogen and oxygen atoms in total. The Morgan fingerprint density at radius 1 is 0.744 bits per heavy atom. The second-order valence-corrected chi connectivity index (χ2v) is 10.0. The van der Waals surface area contributed by atoms with Crippen LogP contribution < -0.4 is 10.1 Å². The number of ether oxygens (including phenoxy) is 1. The molecule has 39 heavy (non-hydrogen) atoms. The van der Waals surface area contributed by atoms with Gasteiger partial charge < -0.3 is 9.64 Å². The van der Waals surface area contributed by atoms with Crippen LogP contribution >= 0.6 is 12.2 Å². The Balaban J connectivity index is 1.12. The molecule has 1 fully saturated rings. The summed E-state index contributed by atoms with van der Waals surface area (Å²) in [4.78, 5) is 17.4. The van der Waals surface area contributed by atoms with Gasteiger partial charge in [0, 0.05) is 38.2 Å². The molecule has 1 aliphatic heterocycles. The van der Waals surface area contributed by atoms with Crippen LogP contribution in [0.15, 0.2) is 115 Å². The first kappa shape index (κ1) is 26.6. The summed E-state index contributed by atoms with van der Waals surface area (Å²) in [6.07, 6.45) is 0.835. The van der Waals surface area contributed by atoms with Crippen LogP contribution in [0, 0.1) is 0 Å². The lowest BCUT2D eigenvalue weighted by Gasteiger charge is -2.40. The molecule has 0 saturated carbocycles. The lowest BCUT2D eigenvalue weighted by Crippen LogP contribution is -2.53. The molecule has 0 bridgehead atoms. The smallest absolute Gasteiger partial charge is 0.257 e. The van der Waals surface area contributed by atoms with Crippen molar-refractivity contribution in [3.05, 3.63) is 138 Å². The maximum atomic E-state index is 12.9. The summed E-state index contributed by atoms with van der Waals surface area (Å²) in [5, 5.41) is 3.39. The molecule has 0 aliphatic carbocycles. The van der Waals surface area contributed by atoms with Gasteiger partial charge in [0.15, 0.2) is 5.11 Å². The lowest BCUT2D eigenvalue weighted by molar-refractivity contribution is 0.0967. The maximum absolute atomic E-state index is 12.9. The summed E-state index contributed by atoms with van der Waals surface area (Å²) < 4.78 is 5.84. The van der Waals surface area contributed by atoms with Crippen molar-refractivity contribution in [1.82, 2.24) is 15.1 Å². The fourth-order valence-electron chi connectivity index (χ4n) is 4.95. The van der Waals surface area contributed by atoms with E-state index in [0.717, 1.165) is 38.3 Å². The number of benzene rings is 4. The minimum absolute atomic E-state index is 0.186. The fourth-order valence-corrected chi connectivity index (χ4v) is 5.23.